The van der Waals surface area contributed by atoms with E-state index in [0.717, 1.165) is 19.5 Å². The molecule has 5 heteroatoms. The number of aromatic nitrogens is 2. The van der Waals surface area contributed by atoms with Crippen LogP contribution in [0.1, 0.15) is 30.6 Å². The van der Waals surface area contributed by atoms with Crippen molar-refractivity contribution in [3.05, 3.63) is 54.1 Å². The van der Waals surface area contributed by atoms with E-state index >= 15 is 0 Å². The van der Waals surface area contributed by atoms with Gasteiger partial charge in [0.15, 0.2) is 5.96 Å². The summed E-state index contributed by atoms with van der Waals surface area (Å²) in [6.07, 6.45) is 4.92. The van der Waals surface area contributed by atoms with E-state index in [4.69, 9.17) is 5.73 Å². The van der Waals surface area contributed by atoms with Gasteiger partial charge in [0.1, 0.15) is 0 Å². The Morgan fingerprint density at radius 3 is 2.86 bits per heavy atom. The highest BCUT2D eigenvalue weighted by Crippen LogP contribution is 2.27. The van der Waals surface area contributed by atoms with Gasteiger partial charge < -0.3 is 15.2 Å². The molecule has 0 saturated carbocycles. The van der Waals surface area contributed by atoms with Crippen molar-refractivity contribution in [1.82, 2.24) is 14.5 Å². The first kappa shape index (κ1) is 13.7. The van der Waals surface area contributed by atoms with E-state index in [1.54, 1.807) is 0 Å². The van der Waals surface area contributed by atoms with Crippen molar-refractivity contribution >= 4 is 5.96 Å². The molecule has 1 aromatic carbocycles. The summed E-state index contributed by atoms with van der Waals surface area (Å²) in [7, 11) is 0. The number of nitrogens with zero attached hydrogens (tertiary/aromatic N) is 4. The molecule has 5 nitrogen and oxygen atoms in total. The minimum absolute atomic E-state index is 0.180. The van der Waals surface area contributed by atoms with Crippen molar-refractivity contribution in [2.45, 2.75) is 32.5 Å². The number of rotatable bonds is 5. The van der Waals surface area contributed by atoms with E-state index in [9.17, 15) is 0 Å². The molecular weight excluding hydrogens is 262 g/mol. The zero-order valence-electron chi connectivity index (χ0n) is 12.3. The fraction of sp³-hybridized carbons (Fsp3) is 0.375. The molecule has 1 aliphatic rings. The van der Waals surface area contributed by atoms with Crippen LogP contribution in [0.4, 0.5) is 0 Å². The standard InChI is InChI=1S/C16H21N5/c1-2-8-20-12-18-9-14(20)15-10-19-16(17)21(15)11-13-6-4-3-5-7-13/h3-7,9,12,15H,2,8,10-11H2,1H3,(H2,17,19). The van der Waals surface area contributed by atoms with Crippen LogP contribution in [0, 0.1) is 0 Å². The van der Waals surface area contributed by atoms with Gasteiger partial charge in [0.25, 0.3) is 0 Å². The van der Waals surface area contributed by atoms with E-state index < -0.39 is 0 Å². The lowest BCUT2D eigenvalue weighted by atomic mass is 10.1. The summed E-state index contributed by atoms with van der Waals surface area (Å²) in [5.41, 5.74) is 8.53. The Morgan fingerprint density at radius 1 is 1.29 bits per heavy atom. The van der Waals surface area contributed by atoms with E-state index in [1.165, 1.54) is 11.3 Å². The number of aliphatic imine (C=N–C) groups is 1. The lowest BCUT2D eigenvalue weighted by Gasteiger charge is -2.27. The molecule has 0 fully saturated rings. The van der Waals surface area contributed by atoms with Gasteiger partial charge in [-0.3, -0.25) is 4.99 Å². The third-order valence-corrected chi connectivity index (χ3v) is 3.84. The van der Waals surface area contributed by atoms with Crippen molar-refractivity contribution in [1.29, 1.82) is 0 Å². The van der Waals surface area contributed by atoms with Crippen LogP contribution < -0.4 is 5.73 Å². The third kappa shape index (κ3) is 2.77. The van der Waals surface area contributed by atoms with Gasteiger partial charge in [-0.2, -0.15) is 0 Å². The second kappa shape index (κ2) is 5.99. The van der Waals surface area contributed by atoms with Crippen LogP contribution in [-0.2, 0) is 13.1 Å². The van der Waals surface area contributed by atoms with Crippen LogP contribution in [0.3, 0.4) is 0 Å². The Hall–Kier alpha value is -2.30. The SMILES string of the molecule is CCCn1cncc1C1CN=C(N)N1Cc1ccccc1. The fourth-order valence-electron chi connectivity index (χ4n) is 2.79. The molecule has 2 aromatic rings. The monoisotopic (exact) mass is 283 g/mol. The molecule has 0 amide bonds. The quantitative estimate of drug-likeness (QED) is 0.915. The number of aryl methyl sites for hydroxylation is 1. The van der Waals surface area contributed by atoms with Gasteiger partial charge in [-0.1, -0.05) is 37.3 Å². The Kier molecular flexibility index (Phi) is 3.90. The number of nitrogens with two attached hydrogens (primary N) is 1. The minimum Gasteiger partial charge on any atom is -0.370 e. The van der Waals surface area contributed by atoms with E-state index in [2.05, 4.69) is 50.6 Å². The predicted octanol–water partition coefficient (Wildman–Crippen LogP) is 2.16. The molecule has 0 spiro atoms. The summed E-state index contributed by atoms with van der Waals surface area (Å²) in [5.74, 6) is 0.619. The van der Waals surface area contributed by atoms with Crippen molar-refractivity contribution in [2.24, 2.45) is 10.7 Å². The van der Waals surface area contributed by atoms with Gasteiger partial charge in [-0.05, 0) is 12.0 Å². The minimum atomic E-state index is 0.180. The summed E-state index contributed by atoms with van der Waals surface area (Å²) in [6.45, 7) is 4.63. The summed E-state index contributed by atoms with van der Waals surface area (Å²) in [5, 5.41) is 0. The molecule has 1 unspecified atom stereocenters. The topological polar surface area (TPSA) is 59.4 Å². The van der Waals surface area contributed by atoms with E-state index in [-0.39, 0.29) is 6.04 Å². The largest absolute Gasteiger partial charge is 0.370 e. The van der Waals surface area contributed by atoms with Gasteiger partial charge in [-0.25, -0.2) is 4.98 Å². The molecule has 2 heterocycles. The van der Waals surface area contributed by atoms with Gasteiger partial charge in [0.05, 0.1) is 30.8 Å². The summed E-state index contributed by atoms with van der Waals surface area (Å²) in [4.78, 5) is 10.9. The van der Waals surface area contributed by atoms with Crippen LogP contribution >= 0.6 is 0 Å². The van der Waals surface area contributed by atoms with Gasteiger partial charge in [0, 0.05) is 13.1 Å². The molecule has 3 rings (SSSR count). The maximum absolute atomic E-state index is 6.09. The Balaban J connectivity index is 1.83. The second-order valence-electron chi connectivity index (χ2n) is 5.34. The average molecular weight is 283 g/mol. The molecule has 1 aromatic heterocycles. The van der Waals surface area contributed by atoms with Crippen LogP contribution in [0.15, 0.2) is 47.8 Å². The zero-order chi connectivity index (χ0) is 14.7. The highest BCUT2D eigenvalue weighted by Gasteiger charge is 2.29. The molecule has 0 radical (unpaired) electrons. The maximum atomic E-state index is 6.09. The molecule has 0 saturated heterocycles. The second-order valence-corrected chi connectivity index (χ2v) is 5.34. The van der Waals surface area contributed by atoms with Gasteiger partial charge >= 0.3 is 0 Å². The highest BCUT2D eigenvalue weighted by atomic mass is 15.3. The van der Waals surface area contributed by atoms with Gasteiger partial charge in [-0.15, -0.1) is 0 Å². The van der Waals surface area contributed by atoms with Gasteiger partial charge in [0.2, 0.25) is 0 Å². The Bertz CT molecular complexity index is 617. The van der Waals surface area contributed by atoms with Crippen LogP contribution in [0.5, 0.6) is 0 Å². The first-order valence-corrected chi connectivity index (χ1v) is 7.40. The number of hydrogen-bond donors (Lipinski definition) is 1. The van der Waals surface area contributed by atoms with Crippen molar-refractivity contribution in [3.63, 3.8) is 0 Å². The first-order valence-electron chi connectivity index (χ1n) is 7.40. The smallest absolute Gasteiger partial charge is 0.192 e. The molecule has 110 valence electrons. The van der Waals surface area contributed by atoms with Crippen LogP contribution in [0.25, 0.3) is 0 Å². The van der Waals surface area contributed by atoms with Crippen molar-refractivity contribution < 1.29 is 0 Å². The Labute approximate surface area is 125 Å². The normalized spacial score (nSPS) is 18.0. The number of guanidine groups is 1. The third-order valence-electron chi connectivity index (χ3n) is 3.84. The number of imidazole rings is 1. The lowest BCUT2D eigenvalue weighted by molar-refractivity contribution is 0.325. The molecule has 1 aliphatic heterocycles. The summed E-state index contributed by atoms with van der Waals surface area (Å²) >= 11 is 0. The molecule has 0 aliphatic carbocycles. The Morgan fingerprint density at radius 2 is 2.10 bits per heavy atom. The van der Waals surface area contributed by atoms with Crippen LogP contribution in [-0.4, -0.2) is 27.0 Å². The molecule has 0 bridgehead atoms. The maximum Gasteiger partial charge on any atom is 0.192 e. The molecule has 21 heavy (non-hydrogen) atoms. The van der Waals surface area contributed by atoms with Crippen LogP contribution in [0.2, 0.25) is 0 Å². The molecule has 2 N–H and O–H groups in total. The summed E-state index contributed by atoms with van der Waals surface area (Å²) < 4.78 is 2.21. The van der Waals surface area contributed by atoms with Crippen molar-refractivity contribution in [2.75, 3.05) is 6.54 Å². The fourth-order valence-corrected chi connectivity index (χ4v) is 2.79. The summed E-state index contributed by atoms with van der Waals surface area (Å²) in [6, 6.07) is 10.5. The lowest BCUT2D eigenvalue weighted by Crippen LogP contribution is -2.36. The molecule has 1 atom stereocenters. The van der Waals surface area contributed by atoms with Crippen molar-refractivity contribution in [3.8, 4) is 0 Å². The molecular formula is C16H21N5. The average Bonchev–Trinajstić information content (AvgIpc) is 3.09. The van der Waals surface area contributed by atoms with E-state index in [1.807, 2.05) is 18.6 Å². The first-order chi connectivity index (χ1) is 10.3. The zero-order valence-corrected chi connectivity index (χ0v) is 12.3. The number of hydrogen-bond acceptors (Lipinski definition) is 4. The highest BCUT2D eigenvalue weighted by molar-refractivity contribution is 5.80. The predicted molar refractivity (Wildman–Crippen MR) is 83.7 cm³/mol. The van der Waals surface area contributed by atoms with E-state index in [0.29, 0.717) is 12.5 Å². The number of benzene rings is 1.